The Labute approximate surface area is 129 Å². The maximum atomic E-state index is 3.48. The minimum Gasteiger partial charge on any atom is -0.316 e. The molecule has 0 aliphatic carbocycles. The monoisotopic (exact) mass is 281 g/mol. The van der Waals surface area contributed by atoms with Gasteiger partial charge in [0.2, 0.25) is 0 Å². The lowest BCUT2D eigenvalue weighted by Gasteiger charge is -2.18. The lowest BCUT2D eigenvalue weighted by atomic mass is 9.94. The summed E-state index contributed by atoms with van der Waals surface area (Å²) in [6.07, 6.45) is 2.15. The van der Waals surface area contributed by atoms with Crippen LogP contribution < -0.4 is 5.32 Å². The molecule has 0 saturated heterocycles. The Hall–Kier alpha value is -1.60. The van der Waals surface area contributed by atoms with Crippen molar-refractivity contribution in [3.05, 3.63) is 69.8 Å². The van der Waals surface area contributed by atoms with Crippen molar-refractivity contribution in [3.8, 4) is 0 Å². The molecule has 0 bridgehead atoms. The van der Waals surface area contributed by atoms with Gasteiger partial charge < -0.3 is 5.32 Å². The molecule has 2 aromatic carbocycles. The fraction of sp³-hybridized carbons (Fsp3) is 0.400. The highest BCUT2D eigenvalue weighted by Crippen LogP contribution is 2.16. The Bertz CT molecular complexity index is 613. The van der Waals surface area contributed by atoms with Crippen LogP contribution in [-0.4, -0.2) is 13.1 Å². The fourth-order valence-corrected chi connectivity index (χ4v) is 2.78. The van der Waals surface area contributed by atoms with E-state index in [0.29, 0.717) is 6.04 Å². The van der Waals surface area contributed by atoms with E-state index in [1.807, 2.05) is 0 Å². The Morgan fingerprint density at radius 2 is 1.52 bits per heavy atom. The minimum atomic E-state index is 0.479. The SMILES string of the molecule is CNC(Cc1ccc(C)c(C)c1)Cc1cc(C)ccc1C. The second-order valence-corrected chi connectivity index (χ2v) is 6.24. The van der Waals surface area contributed by atoms with E-state index in [4.69, 9.17) is 0 Å². The van der Waals surface area contributed by atoms with Crippen molar-refractivity contribution in [2.45, 2.75) is 46.6 Å². The molecule has 112 valence electrons. The topological polar surface area (TPSA) is 12.0 Å². The second-order valence-electron chi connectivity index (χ2n) is 6.24. The van der Waals surface area contributed by atoms with Gasteiger partial charge in [-0.3, -0.25) is 0 Å². The van der Waals surface area contributed by atoms with Gasteiger partial charge >= 0.3 is 0 Å². The number of aryl methyl sites for hydroxylation is 4. The first kappa shape index (κ1) is 15.8. The predicted octanol–water partition coefficient (Wildman–Crippen LogP) is 4.29. The quantitative estimate of drug-likeness (QED) is 0.862. The van der Waals surface area contributed by atoms with E-state index < -0.39 is 0 Å². The zero-order valence-electron chi connectivity index (χ0n) is 14.0. The summed E-state index contributed by atoms with van der Waals surface area (Å²) in [6, 6.07) is 14.0. The lowest BCUT2D eigenvalue weighted by molar-refractivity contribution is 0.555. The van der Waals surface area contributed by atoms with Gasteiger partial charge in [0, 0.05) is 6.04 Å². The van der Waals surface area contributed by atoms with Gasteiger partial charge in [0.05, 0.1) is 0 Å². The van der Waals surface area contributed by atoms with Crippen molar-refractivity contribution >= 4 is 0 Å². The summed E-state index contributed by atoms with van der Waals surface area (Å²) in [7, 11) is 2.07. The summed E-state index contributed by atoms with van der Waals surface area (Å²) < 4.78 is 0. The van der Waals surface area contributed by atoms with Crippen molar-refractivity contribution in [2.24, 2.45) is 0 Å². The number of hydrogen-bond acceptors (Lipinski definition) is 1. The van der Waals surface area contributed by atoms with Gasteiger partial charge in [-0.05, 0) is 75.4 Å². The highest BCUT2D eigenvalue weighted by molar-refractivity contribution is 5.33. The molecule has 0 heterocycles. The van der Waals surface area contributed by atoms with Crippen LogP contribution in [-0.2, 0) is 12.8 Å². The molecule has 1 N–H and O–H groups in total. The fourth-order valence-electron chi connectivity index (χ4n) is 2.78. The Morgan fingerprint density at radius 1 is 0.810 bits per heavy atom. The van der Waals surface area contributed by atoms with Crippen molar-refractivity contribution in [1.82, 2.24) is 5.32 Å². The Balaban J connectivity index is 2.12. The lowest BCUT2D eigenvalue weighted by Crippen LogP contribution is -2.30. The number of benzene rings is 2. The van der Waals surface area contributed by atoms with E-state index in [9.17, 15) is 0 Å². The third-order valence-corrected chi connectivity index (χ3v) is 4.43. The summed E-state index contributed by atoms with van der Waals surface area (Å²) in [4.78, 5) is 0. The van der Waals surface area contributed by atoms with E-state index in [0.717, 1.165) is 12.8 Å². The first-order valence-electron chi connectivity index (χ1n) is 7.79. The molecular formula is C20H27N. The van der Waals surface area contributed by atoms with Crippen LogP contribution in [0.5, 0.6) is 0 Å². The van der Waals surface area contributed by atoms with Crippen molar-refractivity contribution in [2.75, 3.05) is 7.05 Å². The molecule has 0 aliphatic rings. The highest BCUT2D eigenvalue weighted by Gasteiger charge is 2.11. The van der Waals surface area contributed by atoms with E-state index in [1.54, 1.807) is 0 Å². The van der Waals surface area contributed by atoms with Crippen molar-refractivity contribution in [3.63, 3.8) is 0 Å². The average Bonchev–Trinajstić information content (AvgIpc) is 2.46. The summed E-state index contributed by atoms with van der Waals surface area (Å²) in [5.74, 6) is 0. The summed E-state index contributed by atoms with van der Waals surface area (Å²) in [5, 5.41) is 3.48. The third-order valence-electron chi connectivity index (χ3n) is 4.43. The van der Waals surface area contributed by atoms with Gasteiger partial charge in [-0.25, -0.2) is 0 Å². The number of hydrogen-bond donors (Lipinski definition) is 1. The molecule has 1 atom stereocenters. The van der Waals surface area contributed by atoms with Crippen LogP contribution in [0.3, 0.4) is 0 Å². The van der Waals surface area contributed by atoms with Crippen LogP contribution in [0.4, 0.5) is 0 Å². The standard InChI is InChI=1S/C20H27N/c1-14-6-7-16(3)19(10-14)13-20(21-5)12-18-9-8-15(2)17(4)11-18/h6-11,20-21H,12-13H2,1-5H3. The van der Waals surface area contributed by atoms with E-state index in [1.165, 1.54) is 33.4 Å². The molecule has 2 rings (SSSR count). The second kappa shape index (κ2) is 6.91. The zero-order valence-corrected chi connectivity index (χ0v) is 14.0. The highest BCUT2D eigenvalue weighted by atomic mass is 14.9. The molecule has 1 heteroatoms. The number of nitrogens with one attached hydrogen (secondary N) is 1. The normalized spacial score (nSPS) is 12.4. The smallest absolute Gasteiger partial charge is 0.0145 e. The van der Waals surface area contributed by atoms with Crippen LogP contribution in [0, 0.1) is 27.7 Å². The summed E-state index contributed by atoms with van der Waals surface area (Å²) in [6.45, 7) is 8.74. The maximum absolute atomic E-state index is 3.48. The van der Waals surface area contributed by atoms with Crippen molar-refractivity contribution < 1.29 is 0 Å². The average molecular weight is 281 g/mol. The maximum Gasteiger partial charge on any atom is 0.0145 e. The van der Waals surface area contributed by atoms with Crippen LogP contribution >= 0.6 is 0 Å². The first-order chi connectivity index (χ1) is 9.99. The van der Waals surface area contributed by atoms with Crippen LogP contribution in [0.2, 0.25) is 0 Å². The molecule has 1 nitrogen and oxygen atoms in total. The molecular weight excluding hydrogens is 254 g/mol. The molecule has 0 aliphatic heterocycles. The summed E-state index contributed by atoms with van der Waals surface area (Å²) in [5.41, 5.74) is 8.36. The van der Waals surface area contributed by atoms with Gasteiger partial charge in [-0.15, -0.1) is 0 Å². The largest absolute Gasteiger partial charge is 0.316 e. The van der Waals surface area contributed by atoms with Crippen LogP contribution in [0.25, 0.3) is 0 Å². The van der Waals surface area contributed by atoms with Gasteiger partial charge in [0.1, 0.15) is 0 Å². The molecule has 2 aromatic rings. The molecule has 21 heavy (non-hydrogen) atoms. The van der Waals surface area contributed by atoms with Gasteiger partial charge in [-0.1, -0.05) is 42.0 Å². The Kier molecular flexibility index (Phi) is 5.19. The minimum absolute atomic E-state index is 0.479. The number of likely N-dealkylation sites (N-methyl/N-ethyl adjacent to an activating group) is 1. The van der Waals surface area contributed by atoms with Crippen LogP contribution in [0.15, 0.2) is 36.4 Å². The predicted molar refractivity (Wildman–Crippen MR) is 92.1 cm³/mol. The van der Waals surface area contributed by atoms with E-state index >= 15 is 0 Å². The first-order valence-corrected chi connectivity index (χ1v) is 7.79. The van der Waals surface area contributed by atoms with Crippen LogP contribution in [0.1, 0.15) is 33.4 Å². The third kappa shape index (κ3) is 4.18. The van der Waals surface area contributed by atoms with Gasteiger partial charge in [0.25, 0.3) is 0 Å². The van der Waals surface area contributed by atoms with E-state index in [-0.39, 0.29) is 0 Å². The molecule has 0 radical (unpaired) electrons. The molecule has 0 fully saturated rings. The Morgan fingerprint density at radius 3 is 2.19 bits per heavy atom. The van der Waals surface area contributed by atoms with E-state index in [2.05, 4.69) is 76.5 Å². The van der Waals surface area contributed by atoms with Gasteiger partial charge in [0.15, 0.2) is 0 Å². The molecule has 0 spiro atoms. The molecule has 0 amide bonds. The molecule has 0 aromatic heterocycles. The molecule has 0 saturated carbocycles. The van der Waals surface area contributed by atoms with Crippen molar-refractivity contribution in [1.29, 1.82) is 0 Å². The number of rotatable bonds is 5. The zero-order chi connectivity index (χ0) is 15.4. The summed E-state index contributed by atoms with van der Waals surface area (Å²) >= 11 is 0. The van der Waals surface area contributed by atoms with Gasteiger partial charge in [-0.2, -0.15) is 0 Å². The molecule has 1 unspecified atom stereocenters.